The van der Waals surface area contributed by atoms with Gasteiger partial charge in [0.2, 0.25) is 17.7 Å². The molecule has 3 aliphatic rings. The summed E-state index contributed by atoms with van der Waals surface area (Å²) in [6, 6.07) is 8.43. The van der Waals surface area contributed by atoms with Crippen LogP contribution in [-0.4, -0.2) is 90.2 Å². The topological polar surface area (TPSA) is 81.2 Å². The lowest BCUT2D eigenvalue weighted by atomic mass is 9.70. The third-order valence-corrected chi connectivity index (χ3v) is 12.4. The van der Waals surface area contributed by atoms with Crippen LogP contribution in [0, 0.1) is 17.8 Å². The number of carbonyl (C=O) groups excluding carboxylic acids is 3. The van der Waals surface area contributed by atoms with E-state index < -0.39 is 28.7 Å². The number of thioether (sulfide) groups is 1. The molecule has 0 aromatic heterocycles. The van der Waals surface area contributed by atoms with Gasteiger partial charge in [-0.3, -0.25) is 14.4 Å². The second-order valence-corrected chi connectivity index (χ2v) is 14.6. The molecule has 1 aromatic carbocycles. The molecule has 9 heteroatoms. The largest absolute Gasteiger partial charge is 0.394 e. The van der Waals surface area contributed by atoms with Crippen molar-refractivity contribution in [2.75, 3.05) is 19.7 Å². The van der Waals surface area contributed by atoms with Crippen molar-refractivity contribution in [3.8, 4) is 0 Å². The van der Waals surface area contributed by atoms with E-state index in [9.17, 15) is 19.5 Å². The number of benzene rings is 1. The summed E-state index contributed by atoms with van der Waals surface area (Å²) in [5.41, 5.74) is 1.00. The Morgan fingerprint density at radius 2 is 1.83 bits per heavy atom. The molecule has 8 atom stereocenters. The Morgan fingerprint density at radius 1 is 1.17 bits per heavy atom. The summed E-state index contributed by atoms with van der Waals surface area (Å²) in [5.74, 6) is -1.65. The van der Waals surface area contributed by atoms with Gasteiger partial charge in [-0.15, -0.1) is 24.9 Å². The molecule has 41 heavy (non-hydrogen) atoms. The predicted octanol–water partition coefficient (Wildman–Crippen LogP) is 4.50. The van der Waals surface area contributed by atoms with Crippen LogP contribution in [0.15, 0.2) is 55.6 Å². The first-order valence-corrected chi connectivity index (χ1v) is 16.5. The number of aliphatic hydroxyl groups excluding tert-OH is 1. The smallest absolute Gasteiger partial charge is 0.247 e. The Kier molecular flexibility index (Phi) is 10.1. The highest BCUT2D eigenvalue weighted by atomic mass is 79.9. The molecule has 3 unspecified atom stereocenters. The molecule has 1 aromatic rings. The van der Waals surface area contributed by atoms with Gasteiger partial charge in [-0.2, -0.15) is 0 Å². The SMILES string of the molecule is C=CCN(Cc1ccccc1)C(=O)[C@H]1[C@H]2C(=O)N([C@@H](CO)[C@@H](C)CC)C(C(=O)N(CC=C)C(C)C)C23CC(Br)[C@@H]1S3. The number of amides is 3. The van der Waals surface area contributed by atoms with E-state index in [2.05, 4.69) is 29.1 Å². The quantitative estimate of drug-likeness (QED) is 0.252. The maximum Gasteiger partial charge on any atom is 0.247 e. The van der Waals surface area contributed by atoms with Crippen LogP contribution < -0.4 is 0 Å². The molecule has 0 radical (unpaired) electrons. The average Bonchev–Trinajstić information content (AvgIpc) is 3.55. The molecule has 3 fully saturated rings. The minimum absolute atomic E-state index is 0.0205. The summed E-state index contributed by atoms with van der Waals surface area (Å²) in [6.45, 7) is 16.6. The standard InChI is InChI=1S/C32H44BrN3O4S/c1-7-15-34(18-22-13-11-10-12-14-22)29(38)25-26-30(39)36(24(19-37)21(6)9-3)28(31(40)35(16-8-2)20(4)5)32(26)17-23(33)27(25)41-32/h7-8,10-14,20-21,23-28,37H,1-2,9,15-19H2,3-6H3/t21-,23?,24-,25-,26-,27-,28?,32?/m0/s1. The minimum atomic E-state index is -0.775. The highest BCUT2D eigenvalue weighted by Crippen LogP contribution is 2.68. The van der Waals surface area contributed by atoms with Gasteiger partial charge in [0.05, 0.1) is 29.2 Å². The summed E-state index contributed by atoms with van der Waals surface area (Å²) in [6.07, 6.45) is 4.78. The van der Waals surface area contributed by atoms with Gasteiger partial charge >= 0.3 is 0 Å². The van der Waals surface area contributed by atoms with E-state index in [1.54, 1.807) is 38.6 Å². The zero-order valence-electron chi connectivity index (χ0n) is 24.6. The maximum absolute atomic E-state index is 14.6. The van der Waals surface area contributed by atoms with Crippen LogP contribution in [0.3, 0.4) is 0 Å². The van der Waals surface area contributed by atoms with E-state index in [1.807, 2.05) is 58.0 Å². The van der Waals surface area contributed by atoms with E-state index in [-0.39, 0.29) is 46.4 Å². The van der Waals surface area contributed by atoms with Crippen LogP contribution in [0.4, 0.5) is 0 Å². The van der Waals surface area contributed by atoms with Crippen molar-refractivity contribution < 1.29 is 19.5 Å². The van der Waals surface area contributed by atoms with Gasteiger partial charge in [0.15, 0.2) is 0 Å². The molecule has 3 saturated heterocycles. The number of likely N-dealkylation sites (tertiary alicyclic amines) is 1. The molecule has 0 saturated carbocycles. The maximum atomic E-state index is 14.6. The van der Waals surface area contributed by atoms with Gasteiger partial charge in [-0.25, -0.2) is 0 Å². The summed E-state index contributed by atoms with van der Waals surface area (Å²) < 4.78 is -0.769. The second-order valence-electron chi connectivity index (χ2n) is 11.9. The molecule has 3 amide bonds. The summed E-state index contributed by atoms with van der Waals surface area (Å²) in [7, 11) is 0. The number of aliphatic hydroxyl groups is 1. The Balaban J connectivity index is 1.81. The van der Waals surface area contributed by atoms with Crippen molar-refractivity contribution in [1.29, 1.82) is 0 Å². The number of fused-ring (bicyclic) bond motifs is 1. The first kappa shape index (κ1) is 31.8. The van der Waals surface area contributed by atoms with Crippen LogP contribution in [-0.2, 0) is 20.9 Å². The van der Waals surface area contributed by atoms with E-state index >= 15 is 0 Å². The fourth-order valence-corrected chi connectivity index (χ4v) is 10.6. The van der Waals surface area contributed by atoms with Crippen LogP contribution in [0.5, 0.6) is 0 Å². The molecule has 224 valence electrons. The third kappa shape index (κ3) is 5.54. The third-order valence-electron chi connectivity index (χ3n) is 9.20. The number of rotatable bonds is 13. The van der Waals surface area contributed by atoms with Crippen LogP contribution in [0.2, 0.25) is 0 Å². The fraction of sp³-hybridized carbons (Fsp3) is 0.594. The monoisotopic (exact) mass is 645 g/mol. The lowest BCUT2D eigenvalue weighted by Gasteiger charge is -2.42. The van der Waals surface area contributed by atoms with Crippen LogP contribution in [0.25, 0.3) is 0 Å². The average molecular weight is 647 g/mol. The molecule has 7 nitrogen and oxygen atoms in total. The summed E-state index contributed by atoms with van der Waals surface area (Å²) in [4.78, 5) is 48.8. The van der Waals surface area contributed by atoms with Crippen LogP contribution in [0.1, 0.15) is 46.1 Å². The van der Waals surface area contributed by atoms with Crippen molar-refractivity contribution in [1.82, 2.24) is 14.7 Å². The molecule has 1 spiro atoms. The Labute approximate surface area is 257 Å². The molecule has 3 aliphatic heterocycles. The first-order valence-electron chi connectivity index (χ1n) is 14.7. The molecule has 0 aliphatic carbocycles. The summed E-state index contributed by atoms with van der Waals surface area (Å²) in [5, 5.41) is 10.5. The molecule has 2 bridgehead atoms. The van der Waals surface area contributed by atoms with Crippen molar-refractivity contribution >= 4 is 45.4 Å². The highest BCUT2D eigenvalue weighted by molar-refractivity contribution is 9.09. The van der Waals surface area contributed by atoms with Crippen molar-refractivity contribution in [3.05, 3.63) is 61.2 Å². The molecule has 4 rings (SSSR count). The number of nitrogens with zero attached hydrogens (tertiary/aromatic N) is 3. The molecular weight excluding hydrogens is 602 g/mol. The highest BCUT2D eigenvalue weighted by Gasteiger charge is 2.76. The van der Waals surface area contributed by atoms with Crippen molar-refractivity contribution in [2.24, 2.45) is 17.8 Å². The lowest BCUT2D eigenvalue weighted by Crippen LogP contribution is -2.59. The van der Waals surface area contributed by atoms with E-state index in [0.29, 0.717) is 26.1 Å². The number of alkyl halides is 1. The Hall–Kier alpha value is -2.10. The van der Waals surface area contributed by atoms with Gasteiger partial charge in [-0.1, -0.05) is 78.7 Å². The fourth-order valence-electron chi connectivity index (χ4n) is 7.05. The lowest BCUT2D eigenvalue weighted by molar-refractivity contribution is -0.148. The van der Waals surface area contributed by atoms with Crippen molar-refractivity contribution in [2.45, 2.75) is 80.0 Å². The van der Waals surface area contributed by atoms with Crippen LogP contribution >= 0.6 is 27.7 Å². The van der Waals surface area contributed by atoms with E-state index in [4.69, 9.17) is 0 Å². The zero-order chi connectivity index (χ0) is 30.1. The van der Waals surface area contributed by atoms with Gasteiger partial charge in [-0.05, 0) is 31.7 Å². The predicted molar refractivity (Wildman–Crippen MR) is 168 cm³/mol. The molecular formula is C32H44BrN3O4S. The van der Waals surface area contributed by atoms with Gasteiger partial charge in [0, 0.05) is 35.8 Å². The number of halogens is 1. The normalized spacial score (nSPS) is 29.8. The van der Waals surface area contributed by atoms with E-state index in [0.717, 1.165) is 12.0 Å². The first-order chi connectivity index (χ1) is 19.6. The second kappa shape index (κ2) is 13.0. The van der Waals surface area contributed by atoms with Gasteiger partial charge in [0.25, 0.3) is 0 Å². The summed E-state index contributed by atoms with van der Waals surface area (Å²) >= 11 is 5.50. The Bertz CT molecular complexity index is 1150. The number of hydrogen-bond donors (Lipinski definition) is 1. The zero-order valence-corrected chi connectivity index (χ0v) is 27.0. The molecule has 3 heterocycles. The number of carbonyl (C=O) groups is 3. The van der Waals surface area contributed by atoms with Gasteiger partial charge in [0.1, 0.15) is 6.04 Å². The van der Waals surface area contributed by atoms with Crippen molar-refractivity contribution in [3.63, 3.8) is 0 Å². The Morgan fingerprint density at radius 3 is 2.39 bits per heavy atom. The minimum Gasteiger partial charge on any atom is -0.394 e. The number of hydrogen-bond acceptors (Lipinski definition) is 5. The van der Waals surface area contributed by atoms with E-state index in [1.165, 1.54) is 0 Å². The van der Waals surface area contributed by atoms with Gasteiger partial charge < -0.3 is 19.8 Å². The molecule has 1 N–H and O–H groups in total.